The maximum Gasteiger partial charge on any atom is 0.302 e. The number of allylic oxidation sites excluding steroid dienone is 2. The van der Waals surface area contributed by atoms with Gasteiger partial charge in [-0.1, -0.05) is 67.0 Å². The average molecular weight is 469 g/mol. The van der Waals surface area contributed by atoms with E-state index in [1.165, 1.54) is 57.8 Å². The van der Waals surface area contributed by atoms with Gasteiger partial charge in [-0.05, 0) is 109 Å². The molecule has 0 N–H and O–H groups in total. The highest BCUT2D eigenvalue weighted by atomic mass is 16.5. The number of hydrogen-bond acceptors (Lipinski definition) is 2. The lowest BCUT2D eigenvalue weighted by atomic mass is 9.33. The van der Waals surface area contributed by atoms with E-state index in [1.807, 2.05) is 5.57 Å². The number of carbonyl (C=O) groups is 1. The minimum absolute atomic E-state index is 0.0451. The van der Waals surface area contributed by atoms with Crippen molar-refractivity contribution in [2.45, 2.75) is 133 Å². The Hall–Kier alpha value is -0.790. The van der Waals surface area contributed by atoms with Crippen molar-refractivity contribution in [1.29, 1.82) is 0 Å². The van der Waals surface area contributed by atoms with Crippen LogP contribution in [-0.2, 0) is 9.53 Å². The van der Waals surface area contributed by atoms with Crippen molar-refractivity contribution < 1.29 is 9.53 Å². The summed E-state index contributed by atoms with van der Waals surface area (Å²) >= 11 is 0. The Kier molecular flexibility index (Phi) is 5.40. The molecule has 4 saturated carbocycles. The van der Waals surface area contributed by atoms with Crippen molar-refractivity contribution >= 4 is 5.97 Å². The van der Waals surface area contributed by atoms with E-state index < -0.39 is 0 Å². The average Bonchev–Trinajstić information content (AvgIpc) is 2.72. The van der Waals surface area contributed by atoms with Gasteiger partial charge in [-0.3, -0.25) is 4.79 Å². The Labute approximate surface area is 210 Å². The first-order valence-corrected chi connectivity index (χ1v) is 14.5. The molecule has 0 bridgehead atoms. The molecule has 2 nitrogen and oxygen atoms in total. The zero-order valence-electron chi connectivity index (χ0n) is 23.8. The Morgan fingerprint density at radius 3 is 2.21 bits per heavy atom. The summed E-state index contributed by atoms with van der Waals surface area (Å²) in [6.45, 7) is 22.0. The van der Waals surface area contributed by atoms with Gasteiger partial charge in [0.15, 0.2) is 0 Å². The molecule has 8 atom stereocenters. The second-order valence-corrected chi connectivity index (χ2v) is 15.8. The fraction of sp³-hybridized carbons (Fsp3) is 0.906. The van der Waals surface area contributed by atoms with E-state index in [0.717, 1.165) is 18.3 Å². The summed E-state index contributed by atoms with van der Waals surface area (Å²) in [5, 5.41) is 0. The smallest absolute Gasteiger partial charge is 0.302 e. The van der Waals surface area contributed by atoms with Gasteiger partial charge >= 0.3 is 5.97 Å². The Morgan fingerprint density at radius 2 is 1.53 bits per heavy atom. The first-order valence-electron chi connectivity index (χ1n) is 14.5. The Bertz CT molecular complexity index is 897. The second-order valence-electron chi connectivity index (χ2n) is 15.8. The molecule has 0 aromatic carbocycles. The highest BCUT2D eigenvalue weighted by Gasteiger charge is 2.68. The lowest BCUT2D eigenvalue weighted by molar-refractivity contribution is -0.211. The third kappa shape index (κ3) is 3.21. The van der Waals surface area contributed by atoms with Crippen LogP contribution in [-0.4, -0.2) is 12.1 Å². The number of rotatable bonds is 1. The van der Waals surface area contributed by atoms with Crippen LogP contribution >= 0.6 is 0 Å². The van der Waals surface area contributed by atoms with Crippen LogP contribution in [0.25, 0.3) is 0 Å². The molecule has 0 aliphatic heterocycles. The van der Waals surface area contributed by atoms with E-state index in [-0.39, 0.29) is 17.5 Å². The number of ether oxygens (including phenoxy) is 1. The van der Waals surface area contributed by atoms with Crippen LogP contribution in [0.5, 0.6) is 0 Å². The first kappa shape index (κ1) is 24.9. The molecule has 0 radical (unpaired) electrons. The van der Waals surface area contributed by atoms with Gasteiger partial charge in [0.25, 0.3) is 0 Å². The van der Waals surface area contributed by atoms with Crippen molar-refractivity contribution in [3.63, 3.8) is 0 Å². The molecular formula is C32H52O2. The summed E-state index contributed by atoms with van der Waals surface area (Å²) < 4.78 is 5.91. The standard InChI is InChI=1S/C32H52O2/c1-21(33)34-26-13-14-30(7)24(28(26,4)5)12-15-32(9)25(30)11-10-22-23-20-27(2,3)16-17-29(23,6)18-19-31(22,32)8/h10,23-26H,11-20H2,1-9H3/t23-,24-,25+,26-,29+,30-,31+,32+/m0/s1. The van der Waals surface area contributed by atoms with E-state index in [0.29, 0.717) is 33.0 Å². The van der Waals surface area contributed by atoms with Gasteiger partial charge < -0.3 is 4.74 Å². The van der Waals surface area contributed by atoms with E-state index in [4.69, 9.17) is 4.74 Å². The molecule has 0 heterocycles. The predicted molar refractivity (Wildman–Crippen MR) is 140 cm³/mol. The molecule has 192 valence electrons. The van der Waals surface area contributed by atoms with Crippen molar-refractivity contribution in [2.24, 2.45) is 50.2 Å². The summed E-state index contributed by atoms with van der Waals surface area (Å²) in [7, 11) is 0. The molecule has 34 heavy (non-hydrogen) atoms. The van der Waals surface area contributed by atoms with Crippen LogP contribution in [0.4, 0.5) is 0 Å². The van der Waals surface area contributed by atoms with Crippen molar-refractivity contribution in [3.8, 4) is 0 Å². The van der Waals surface area contributed by atoms with E-state index >= 15 is 0 Å². The molecule has 0 amide bonds. The monoisotopic (exact) mass is 468 g/mol. The SMILES string of the molecule is CC(=O)O[C@H]1CC[C@]2(C)[C@H]3CC=C4[C@@H]5CC(C)(C)CC[C@]5(C)CC[C@@]4(C)[C@]3(C)CC[C@H]2C1(C)C. The van der Waals surface area contributed by atoms with Crippen LogP contribution in [0, 0.1) is 50.2 Å². The third-order valence-corrected chi connectivity index (χ3v) is 13.3. The van der Waals surface area contributed by atoms with E-state index in [9.17, 15) is 4.79 Å². The number of carbonyl (C=O) groups excluding carboxylic acids is 1. The number of esters is 1. The fourth-order valence-electron chi connectivity index (χ4n) is 10.9. The molecule has 0 saturated heterocycles. The Balaban J connectivity index is 1.53. The number of fused-ring (bicyclic) bond motifs is 7. The van der Waals surface area contributed by atoms with Crippen molar-refractivity contribution in [3.05, 3.63) is 11.6 Å². The van der Waals surface area contributed by atoms with E-state index in [1.54, 1.807) is 6.92 Å². The second kappa shape index (κ2) is 7.38. The van der Waals surface area contributed by atoms with Crippen molar-refractivity contribution in [2.75, 3.05) is 0 Å². The fourth-order valence-corrected chi connectivity index (χ4v) is 10.9. The summed E-state index contributed by atoms with van der Waals surface area (Å²) in [6.07, 6.45) is 15.9. The summed E-state index contributed by atoms with van der Waals surface area (Å²) in [6, 6.07) is 0. The van der Waals surface area contributed by atoms with Gasteiger partial charge in [0.05, 0.1) is 0 Å². The van der Waals surface area contributed by atoms with Crippen LogP contribution in [0.2, 0.25) is 0 Å². The largest absolute Gasteiger partial charge is 0.462 e. The topological polar surface area (TPSA) is 26.3 Å². The third-order valence-electron chi connectivity index (χ3n) is 13.3. The quantitative estimate of drug-likeness (QED) is 0.284. The number of hydrogen-bond donors (Lipinski definition) is 0. The van der Waals surface area contributed by atoms with Crippen LogP contribution < -0.4 is 0 Å². The molecule has 0 spiro atoms. The molecular weight excluding hydrogens is 416 g/mol. The molecule has 5 aliphatic rings. The van der Waals surface area contributed by atoms with E-state index in [2.05, 4.69) is 61.5 Å². The van der Waals surface area contributed by atoms with Crippen LogP contribution in [0.3, 0.4) is 0 Å². The first-order chi connectivity index (χ1) is 15.6. The van der Waals surface area contributed by atoms with Gasteiger partial charge in [-0.25, -0.2) is 0 Å². The summed E-state index contributed by atoms with van der Waals surface area (Å²) in [5.41, 5.74) is 3.92. The van der Waals surface area contributed by atoms with Crippen molar-refractivity contribution in [1.82, 2.24) is 0 Å². The molecule has 0 aromatic heterocycles. The highest BCUT2D eigenvalue weighted by Crippen LogP contribution is 2.75. The van der Waals surface area contributed by atoms with Gasteiger partial charge in [0.2, 0.25) is 0 Å². The molecule has 5 rings (SSSR count). The molecule has 0 unspecified atom stereocenters. The summed E-state index contributed by atoms with van der Waals surface area (Å²) in [5.74, 6) is 2.01. The van der Waals surface area contributed by atoms with Gasteiger partial charge in [0, 0.05) is 12.3 Å². The molecule has 0 aromatic rings. The maximum absolute atomic E-state index is 11.9. The zero-order valence-corrected chi connectivity index (χ0v) is 23.8. The normalized spacial score (nSPS) is 51.1. The van der Waals surface area contributed by atoms with Crippen LogP contribution in [0.15, 0.2) is 11.6 Å². The highest BCUT2D eigenvalue weighted by molar-refractivity contribution is 5.66. The Morgan fingerprint density at radius 1 is 0.853 bits per heavy atom. The maximum atomic E-state index is 11.9. The van der Waals surface area contributed by atoms with Gasteiger partial charge in [0.1, 0.15) is 6.10 Å². The lowest BCUT2D eigenvalue weighted by Crippen LogP contribution is -2.64. The lowest BCUT2D eigenvalue weighted by Gasteiger charge is -2.71. The summed E-state index contributed by atoms with van der Waals surface area (Å²) in [4.78, 5) is 11.9. The van der Waals surface area contributed by atoms with Crippen LogP contribution in [0.1, 0.15) is 127 Å². The molecule has 5 aliphatic carbocycles. The minimum atomic E-state index is -0.110. The molecule has 2 heteroatoms. The predicted octanol–water partition coefficient (Wildman–Crippen LogP) is 8.74. The van der Waals surface area contributed by atoms with Gasteiger partial charge in [-0.2, -0.15) is 0 Å². The zero-order chi connectivity index (χ0) is 24.9. The minimum Gasteiger partial charge on any atom is -0.462 e. The molecule has 4 fully saturated rings. The van der Waals surface area contributed by atoms with Gasteiger partial charge in [-0.15, -0.1) is 0 Å².